The minimum absolute atomic E-state index is 0.238. The molecule has 0 saturated heterocycles. The van der Waals surface area contributed by atoms with Crippen LogP contribution >= 0.6 is 34.8 Å². The SMILES string of the molecule is COc1ccc(C(Cc2c(Cl)cncc2Cl)OC(=O)c2ccc(C)cc2)c2ccc(Cl)nc12. The van der Waals surface area contributed by atoms with Crippen LogP contribution in [0.25, 0.3) is 10.9 Å². The Kier molecular flexibility index (Phi) is 7.03. The highest BCUT2D eigenvalue weighted by Gasteiger charge is 2.24. The number of benzene rings is 2. The molecule has 2 aromatic heterocycles. The van der Waals surface area contributed by atoms with Gasteiger partial charge in [-0.3, -0.25) is 4.98 Å². The van der Waals surface area contributed by atoms with E-state index in [-0.39, 0.29) is 6.42 Å². The molecular weight excluding hydrogens is 483 g/mol. The third-order valence-corrected chi connectivity index (χ3v) is 6.13. The van der Waals surface area contributed by atoms with Crippen LogP contribution in [0.1, 0.15) is 33.2 Å². The van der Waals surface area contributed by atoms with Crippen molar-refractivity contribution in [1.82, 2.24) is 9.97 Å². The summed E-state index contributed by atoms with van der Waals surface area (Å²) in [6.45, 7) is 1.95. The Morgan fingerprint density at radius 3 is 2.33 bits per heavy atom. The molecule has 0 bridgehead atoms. The van der Waals surface area contributed by atoms with E-state index < -0.39 is 12.1 Å². The number of pyridine rings is 2. The molecule has 0 amide bonds. The van der Waals surface area contributed by atoms with Gasteiger partial charge in [-0.15, -0.1) is 0 Å². The van der Waals surface area contributed by atoms with E-state index in [1.54, 1.807) is 31.4 Å². The van der Waals surface area contributed by atoms with Crippen molar-refractivity contribution >= 4 is 51.7 Å². The van der Waals surface area contributed by atoms with Gasteiger partial charge in [-0.25, -0.2) is 9.78 Å². The minimum atomic E-state index is -0.715. The monoisotopic (exact) mass is 500 g/mol. The van der Waals surface area contributed by atoms with Crippen LogP contribution in [0, 0.1) is 6.92 Å². The van der Waals surface area contributed by atoms with Gasteiger partial charge in [-0.05, 0) is 42.8 Å². The highest BCUT2D eigenvalue weighted by Crippen LogP contribution is 2.37. The van der Waals surface area contributed by atoms with Crippen molar-refractivity contribution in [2.75, 3.05) is 7.11 Å². The second kappa shape index (κ2) is 9.96. The molecule has 5 nitrogen and oxygen atoms in total. The van der Waals surface area contributed by atoms with Crippen LogP contribution in [-0.4, -0.2) is 23.0 Å². The van der Waals surface area contributed by atoms with Crippen molar-refractivity contribution in [1.29, 1.82) is 0 Å². The molecule has 0 aliphatic heterocycles. The van der Waals surface area contributed by atoms with Crippen LogP contribution in [0.2, 0.25) is 15.2 Å². The van der Waals surface area contributed by atoms with E-state index in [0.29, 0.717) is 37.6 Å². The molecule has 4 rings (SSSR count). The van der Waals surface area contributed by atoms with Crippen molar-refractivity contribution in [2.24, 2.45) is 0 Å². The van der Waals surface area contributed by atoms with Gasteiger partial charge in [0.15, 0.2) is 0 Å². The Labute approximate surface area is 206 Å². The zero-order valence-electron chi connectivity index (χ0n) is 17.8. The molecule has 4 aromatic rings. The van der Waals surface area contributed by atoms with Crippen molar-refractivity contribution in [3.05, 3.63) is 98.4 Å². The molecule has 0 aliphatic carbocycles. The highest BCUT2D eigenvalue weighted by molar-refractivity contribution is 6.35. The van der Waals surface area contributed by atoms with Gasteiger partial charge in [0.2, 0.25) is 0 Å². The van der Waals surface area contributed by atoms with Gasteiger partial charge in [-0.1, -0.05) is 58.6 Å². The van der Waals surface area contributed by atoms with Crippen LogP contribution in [0.15, 0.2) is 60.9 Å². The van der Waals surface area contributed by atoms with Crippen molar-refractivity contribution in [3.8, 4) is 5.75 Å². The highest BCUT2D eigenvalue weighted by atomic mass is 35.5. The fourth-order valence-electron chi connectivity index (χ4n) is 3.56. The van der Waals surface area contributed by atoms with Gasteiger partial charge in [0.1, 0.15) is 22.5 Å². The second-order valence-electron chi connectivity index (χ2n) is 7.43. The lowest BCUT2D eigenvalue weighted by molar-refractivity contribution is 0.0301. The van der Waals surface area contributed by atoms with E-state index in [4.69, 9.17) is 44.3 Å². The molecule has 0 saturated carbocycles. The standard InChI is InChI=1S/C25H19Cl3N2O3/c1-14-3-5-15(6-4-14)25(31)33-22(11-18-19(26)12-29-13-20(18)27)16-7-9-21(32-2)24-17(16)8-10-23(28)30-24/h3-10,12-13,22H,11H2,1-2H3. The lowest BCUT2D eigenvalue weighted by atomic mass is 9.97. The van der Waals surface area contributed by atoms with E-state index >= 15 is 0 Å². The van der Waals surface area contributed by atoms with E-state index in [0.717, 1.165) is 16.5 Å². The lowest BCUT2D eigenvalue weighted by Gasteiger charge is -2.22. The number of esters is 1. The summed E-state index contributed by atoms with van der Waals surface area (Å²) in [5.74, 6) is 0.0898. The van der Waals surface area contributed by atoms with E-state index in [9.17, 15) is 4.79 Å². The van der Waals surface area contributed by atoms with E-state index in [1.165, 1.54) is 12.4 Å². The number of nitrogens with zero attached hydrogens (tertiary/aromatic N) is 2. The Morgan fingerprint density at radius 2 is 1.67 bits per heavy atom. The summed E-state index contributed by atoms with van der Waals surface area (Å²) < 4.78 is 11.5. The molecule has 1 atom stereocenters. The largest absolute Gasteiger partial charge is 0.494 e. The summed E-state index contributed by atoms with van der Waals surface area (Å²) in [5.41, 5.74) is 3.39. The second-order valence-corrected chi connectivity index (χ2v) is 8.63. The number of ether oxygens (including phenoxy) is 2. The van der Waals surface area contributed by atoms with E-state index in [1.807, 2.05) is 31.2 Å². The van der Waals surface area contributed by atoms with Gasteiger partial charge < -0.3 is 9.47 Å². The van der Waals surface area contributed by atoms with Gasteiger partial charge in [0.25, 0.3) is 0 Å². The summed E-state index contributed by atoms with van der Waals surface area (Å²) in [7, 11) is 1.56. The van der Waals surface area contributed by atoms with Crippen LogP contribution in [0.4, 0.5) is 0 Å². The van der Waals surface area contributed by atoms with Crippen LogP contribution in [-0.2, 0) is 11.2 Å². The van der Waals surface area contributed by atoms with Gasteiger partial charge in [0.05, 0.1) is 22.7 Å². The van der Waals surface area contributed by atoms with Crippen molar-refractivity contribution < 1.29 is 14.3 Å². The number of halogens is 3. The Hall–Kier alpha value is -2.86. The Morgan fingerprint density at radius 1 is 0.970 bits per heavy atom. The molecule has 0 spiro atoms. The van der Waals surface area contributed by atoms with Gasteiger partial charge in [0, 0.05) is 29.8 Å². The zero-order valence-corrected chi connectivity index (χ0v) is 20.1. The van der Waals surface area contributed by atoms with Crippen molar-refractivity contribution in [3.63, 3.8) is 0 Å². The van der Waals surface area contributed by atoms with Crippen molar-refractivity contribution in [2.45, 2.75) is 19.4 Å². The third kappa shape index (κ3) is 5.06. The predicted octanol–water partition coefficient (Wildman–Crippen LogP) is 7.05. The lowest BCUT2D eigenvalue weighted by Crippen LogP contribution is -2.15. The molecule has 0 radical (unpaired) electrons. The molecule has 0 N–H and O–H groups in total. The number of carbonyl (C=O) groups excluding carboxylic acids is 1. The van der Waals surface area contributed by atoms with Gasteiger partial charge >= 0.3 is 5.97 Å². The number of rotatable bonds is 6. The maximum absolute atomic E-state index is 13.1. The molecule has 168 valence electrons. The number of aryl methyl sites for hydroxylation is 1. The molecule has 8 heteroatoms. The summed E-state index contributed by atoms with van der Waals surface area (Å²) in [4.78, 5) is 21.5. The summed E-state index contributed by atoms with van der Waals surface area (Å²) >= 11 is 18.9. The topological polar surface area (TPSA) is 61.3 Å². The molecule has 0 fully saturated rings. The van der Waals surface area contributed by atoms with Gasteiger partial charge in [-0.2, -0.15) is 0 Å². The quantitative estimate of drug-likeness (QED) is 0.209. The number of hydrogen-bond acceptors (Lipinski definition) is 5. The number of fused-ring (bicyclic) bond motifs is 1. The number of aromatic nitrogens is 2. The molecule has 0 aliphatic rings. The molecule has 2 aromatic carbocycles. The average Bonchev–Trinajstić information content (AvgIpc) is 2.80. The number of methoxy groups -OCH3 is 1. The third-order valence-electron chi connectivity index (χ3n) is 5.27. The number of carbonyl (C=O) groups is 1. The maximum Gasteiger partial charge on any atom is 0.338 e. The maximum atomic E-state index is 13.1. The minimum Gasteiger partial charge on any atom is -0.494 e. The smallest absolute Gasteiger partial charge is 0.338 e. The zero-order chi connectivity index (χ0) is 23.5. The first-order valence-corrected chi connectivity index (χ1v) is 11.2. The predicted molar refractivity (Wildman–Crippen MR) is 131 cm³/mol. The van der Waals surface area contributed by atoms with Crippen LogP contribution in [0.3, 0.4) is 0 Å². The summed E-state index contributed by atoms with van der Waals surface area (Å²) in [5, 5.41) is 1.84. The average molecular weight is 502 g/mol. The molecular formula is C25H19Cl3N2O3. The van der Waals surface area contributed by atoms with Crippen LogP contribution in [0.5, 0.6) is 5.75 Å². The van der Waals surface area contributed by atoms with Crippen LogP contribution < -0.4 is 4.74 Å². The fraction of sp³-hybridized carbons (Fsp3) is 0.160. The first-order valence-electron chi connectivity index (χ1n) is 10.1. The van der Waals surface area contributed by atoms with E-state index in [2.05, 4.69) is 9.97 Å². The molecule has 1 unspecified atom stereocenters. The summed E-state index contributed by atoms with van der Waals surface area (Å²) in [6.07, 6.45) is 2.54. The molecule has 33 heavy (non-hydrogen) atoms. The number of hydrogen-bond donors (Lipinski definition) is 0. The normalized spacial score (nSPS) is 11.9. The molecule has 2 heterocycles. The Balaban J connectivity index is 1.82. The first-order chi connectivity index (χ1) is 15.9. The Bertz CT molecular complexity index is 1310. The summed E-state index contributed by atoms with van der Waals surface area (Å²) in [6, 6.07) is 14.3. The fourth-order valence-corrected chi connectivity index (χ4v) is 4.22. The first kappa shape index (κ1) is 23.3.